The maximum atomic E-state index is 11.7. The highest BCUT2D eigenvalue weighted by atomic mass is 127. The van der Waals surface area contributed by atoms with Crippen molar-refractivity contribution < 1.29 is 9.90 Å². The molecule has 0 radical (unpaired) electrons. The molecule has 0 amide bonds. The van der Waals surface area contributed by atoms with Crippen LogP contribution in [0.4, 0.5) is 0 Å². The summed E-state index contributed by atoms with van der Waals surface area (Å²) < 4.78 is 2.97. The standard InChI is InChI=1S/C10H13IN2O4/c1-12-6-7(11)9(16)13(10(12)17)5-3-2-4-8(14)15/h6H,2-5H2,1H3,(H,14,15). The first kappa shape index (κ1) is 13.9. The van der Waals surface area contributed by atoms with E-state index in [-0.39, 0.29) is 24.2 Å². The Labute approximate surface area is 111 Å². The van der Waals surface area contributed by atoms with Crippen LogP contribution in [0, 0.1) is 3.57 Å². The molecule has 0 aliphatic rings. The second kappa shape index (κ2) is 5.99. The van der Waals surface area contributed by atoms with Crippen LogP contribution in [-0.2, 0) is 18.4 Å². The van der Waals surface area contributed by atoms with Gasteiger partial charge in [0, 0.05) is 26.2 Å². The molecule has 0 saturated carbocycles. The minimum absolute atomic E-state index is 0.0546. The van der Waals surface area contributed by atoms with Crippen molar-refractivity contribution in [2.75, 3.05) is 0 Å². The predicted molar refractivity (Wildman–Crippen MR) is 70.1 cm³/mol. The Hall–Kier alpha value is -1.12. The molecule has 0 fully saturated rings. The van der Waals surface area contributed by atoms with Gasteiger partial charge in [0.2, 0.25) is 0 Å². The van der Waals surface area contributed by atoms with Crippen molar-refractivity contribution in [1.29, 1.82) is 0 Å². The van der Waals surface area contributed by atoms with Gasteiger partial charge in [0.05, 0.1) is 3.57 Å². The average Bonchev–Trinajstić information content (AvgIpc) is 2.25. The van der Waals surface area contributed by atoms with Crippen LogP contribution in [0.25, 0.3) is 0 Å². The molecule has 1 N–H and O–H groups in total. The minimum Gasteiger partial charge on any atom is -0.481 e. The summed E-state index contributed by atoms with van der Waals surface area (Å²) in [6.07, 6.45) is 2.50. The normalized spacial score (nSPS) is 10.5. The van der Waals surface area contributed by atoms with Crippen molar-refractivity contribution in [3.8, 4) is 0 Å². The Morgan fingerprint density at radius 3 is 2.65 bits per heavy atom. The summed E-state index contributed by atoms with van der Waals surface area (Å²) in [5.74, 6) is -0.868. The number of unbranched alkanes of at least 4 members (excludes halogenated alkanes) is 1. The minimum atomic E-state index is -0.868. The van der Waals surface area contributed by atoms with Gasteiger partial charge in [-0.2, -0.15) is 0 Å². The molecular weight excluding hydrogens is 339 g/mol. The summed E-state index contributed by atoms with van der Waals surface area (Å²) in [5, 5.41) is 8.47. The lowest BCUT2D eigenvalue weighted by Crippen LogP contribution is -2.39. The third kappa shape index (κ3) is 3.69. The van der Waals surface area contributed by atoms with Gasteiger partial charge in [0.1, 0.15) is 0 Å². The molecule has 0 bridgehead atoms. The smallest absolute Gasteiger partial charge is 0.330 e. The van der Waals surface area contributed by atoms with Gasteiger partial charge in [-0.15, -0.1) is 0 Å². The molecule has 1 rings (SSSR count). The van der Waals surface area contributed by atoms with E-state index in [4.69, 9.17) is 5.11 Å². The van der Waals surface area contributed by atoms with E-state index < -0.39 is 5.97 Å². The summed E-state index contributed by atoms with van der Waals surface area (Å²) in [4.78, 5) is 33.7. The first-order chi connectivity index (χ1) is 7.93. The molecule has 0 aliphatic heterocycles. The fourth-order valence-electron chi connectivity index (χ4n) is 1.43. The first-order valence-corrected chi connectivity index (χ1v) is 6.19. The zero-order valence-corrected chi connectivity index (χ0v) is 11.5. The largest absolute Gasteiger partial charge is 0.481 e. The SMILES string of the molecule is Cn1cc(I)c(=O)n(CCCCC(=O)O)c1=O. The Balaban J connectivity index is 2.81. The van der Waals surface area contributed by atoms with Crippen LogP contribution in [0.1, 0.15) is 19.3 Å². The quantitative estimate of drug-likeness (QED) is 0.615. The van der Waals surface area contributed by atoms with Crippen LogP contribution in [0.5, 0.6) is 0 Å². The molecule has 94 valence electrons. The van der Waals surface area contributed by atoms with E-state index in [0.717, 1.165) is 4.57 Å². The van der Waals surface area contributed by atoms with E-state index in [1.165, 1.54) is 10.8 Å². The lowest BCUT2D eigenvalue weighted by molar-refractivity contribution is -0.137. The molecule has 1 heterocycles. The first-order valence-electron chi connectivity index (χ1n) is 5.11. The van der Waals surface area contributed by atoms with Crippen molar-refractivity contribution in [3.05, 3.63) is 30.6 Å². The zero-order valence-electron chi connectivity index (χ0n) is 9.35. The number of aromatic nitrogens is 2. The van der Waals surface area contributed by atoms with Crippen molar-refractivity contribution >= 4 is 28.6 Å². The maximum Gasteiger partial charge on any atom is 0.330 e. The van der Waals surface area contributed by atoms with Gasteiger partial charge >= 0.3 is 11.7 Å². The van der Waals surface area contributed by atoms with E-state index in [1.807, 2.05) is 22.6 Å². The summed E-state index contributed by atoms with van der Waals surface area (Å²) in [6, 6.07) is 0. The second-order valence-electron chi connectivity index (χ2n) is 3.68. The van der Waals surface area contributed by atoms with Crippen LogP contribution in [-0.4, -0.2) is 20.2 Å². The van der Waals surface area contributed by atoms with Crippen LogP contribution in [0.3, 0.4) is 0 Å². The van der Waals surface area contributed by atoms with E-state index in [9.17, 15) is 14.4 Å². The molecule has 7 heteroatoms. The summed E-state index contributed by atoms with van der Waals surface area (Å²) in [7, 11) is 1.58. The number of hydrogen-bond acceptors (Lipinski definition) is 3. The number of aryl methyl sites for hydroxylation is 1. The van der Waals surface area contributed by atoms with Crippen molar-refractivity contribution in [3.63, 3.8) is 0 Å². The molecule has 1 aromatic rings. The van der Waals surface area contributed by atoms with Gasteiger partial charge < -0.3 is 9.67 Å². The van der Waals surface area contributed by atoms with Crippen molar-refractivity contribution in [2.24, 2.45) is 7.05 Å². The topological polar surface area (TPSA) is 81.3 Å². The Bertz CT molecular complexity index is 498. The highest BCUT2D eigenvalue weighted by Gasteiger charge is 2.07. The Morgan fingerprint density at radius 1 is 1.41 bits per heavy atom. The molecule has 0 unspecified atom stereocenters. The molecule has 0 saturated heterocycles. The second-order valence-corrected chi connectivity index (χ2v) is 4.84. The lowest BCUT2D eigenvalue weighted by Gasteiger charge is -2.07. The summed E-state index contributed by atoms with van der Waals surface area (Å²) in [6.45, 7) is 0.260. The molecular formula is C10H13IN2O4. The average molecular weight is 352 g/mol. The number of nitrogens with zero attached hydrogens (tertiary/aromatic N) is 2. The van der Waals surface area contributed by atoms with E-state index >= 15 is 0 Å². The summed E-state index contributed by atoms with van der Waals surface area (Å²) in [5.41, 5.74) is -0.685. The van der Waals surface area contributed by atoms with Gasteiger partial charge in [0.25, 0.3) is 5.56 Å². The van der Waals surface area contributed by atoms with E-state index in [1.54, 1.807) is 7.05 Å². The molecule has 17 heavy (non-hydrogen) atoms. The zero-order chi connectivity index (χ0) is 13.0. The predicted octanol–water partition coefficient (Wildman–Crippen LogP) is 0.407. The summed E-state index contributed by atoms with van der Waals surface area (Å²) >= 11 is 1.88. The van der Waals surface area contributed by atoms with Gasteiger partial charge in [-0.25, -0.2) is 4.79 Å². The number of carboxylic acids is 1. The van der Waals surface area contributed by atoms with Gasteiger partial charge in [0.15, 0.2) is 0 Å². The van der Waals surface area contributed by atoms with Gasteiger partial charge in [-0.05, 0) is 35.4 Å². The molecule has 0 aromatic carbocycles. The fraction of sp³-hybridized carbons (Fsp3) is 0.500. The molecule has 0 atom stereocenters. The third-order valence-electron chi connectivity index (χ3n) is 2.31. The highest BCUT2D eigenvalue weighted by Crippen LogP contribution is 1.98. The molecule has 0 aliphatic carbocycles. The van der Waals surface area contributed by atoms with Crippen molar-refractivity contribution in [2.45, 2.75) is 25.8 Å². The van der Waals surface area contributed by atoms with E-state index in [2.05, 4.69) is 0 Å². The van der Waals surface area contributed by atoms with Crippen LogP contribution in [0.2, 0.25) is 0 Å². The fourth-order valence-corrected chi connectivity index (χ4v) is 2.14. The van der Waals surface area contributed by atoms with Crippen LogP contribution in [0.15, 0.2) is 15.8 Å². The molecule has 6 nitrogen and oxygen atoms in total. The van der Waals surface area contributed by atoms with Gasteiger partial charge in [-0.3, -0.25) is 14.2 Å². The maximum absolute atomic E-state index is 11.7. The molecule has 0 spiro atoms. The number of aliphatic carboxylic acids is 1. The van der Waals surface area contributed by atoms with Crippen LogP contribution >= 0.6 is 22.6 Å². The van der Waals surface area contributed by atoms with E-state index in [0.29, 0.717) is 16.4 Å². The third-order valence-corrected chi connectivity index (χ3v) is 3.05. The monoisotopic (exact) mass is 352 g/mol. The number of carbonyl (C=O) groups is 1. The van der Waals surface area contributed by atoms with Crippen LogP contribution < -0.4 is 11.2 Å². The number of halogens is 1. The number of carboxylic acid groups (broad SMARTS) is 1. The van der Waals surface area contributed by atoms with Crippen molar-refractivity contribution in [1.82, 2.24) is 9.13 Å². The molecule has 1 aromatic heterocycles. The Morgan fingerprint density at radius 2 is 2.06 bits per heavy atom. The highest BCUT2D eigenvalue weighted by molar-refractivity contribution is 14.1. The van der Waals surface area contributed by atoms with Gasteiger partial charge in [-0.1, -0.05) is 0 Å². The number of rotatable bonds is 5. The number of hydrogen-bond donors (Lipinski definition) is 1. The Kier molecular flexibility index (Phi) is 4.91. The lowest BCUT2D eigenvalue weighted by atomic mass is 10.2.